The van der Waals surface area contributed by atoms with Crippen molar-refractivity contribution in [2.45, 2.75) is 65.9 Å². The summed E-state index contributed by atoms with van der Waals surface area (Å²) in [5.41, 5.74) is 2.90. The van der Waals surface area contributed by atoms with Crippen molar-refractivity contribution in [1.29, 1.82) is 0 Å². The first-order valence-electron chi connectivity index (χ1n) is 11.2. The van der Waals surface area contributed by atoms with Gasteiger partial charge in [0.25, 0.3) is 0 Å². The number of halogens is 1. The number of aliphatic hydroxyl groups is 1. The van der Waals surface area contributed by atoms with Gasteiger partial charge in [0.15, 0.2) is 0 Å². The highest BCUT2D eigenvalue weighted by Crippen LogP contribution is 2.56. The Morgan fingerprint density at radius 3 is 2.67 bits per heavy atom. The fourth-order valence-corrected chi connectivity index (χ4v) is 5.78. The van der Waals surface area contributed by atoms with Crippen LogP contribution in [0, 0.1) is 34.9 Å². The molecule has 3 nitrogen and oxygen atoms in total. The molecule has 2 saturated carbocycles. The van der Waals surface area contributed by atoms with Gasteiger partial charge in [0.2, 0.25) is 5.91 Å². The lowest BCUT2D eigenvalue weighted by Crippen LogP contribution is -2.52. The quantitative estimate of drug-likeness (QED) is 0.451. The van der Waals surface area contributed by atoms with E-state index in [1.54, 1.807) is 18.2 Å². The molecule has 5 atom stereocenters. The van der Waals surface area contributed by atoms with E-state index in [0.717, 1.165) is 37.7 Å². The SMILES string of the molecule is C=C1CCC2C(C(C)CC(O)C2(C)C)C1CC/C(C)=C/C(=O)Nc1ccc(F)cc1. The van der Waals surface area contributed by atoms with E-state index in [1.165, 1.54) is 17.7 Å². The maximum Gasteiger partial charge on any atom is 0.248 e. The highest BCUT2D eigenvalue weighted by atomic mass is 19.1. The van der Waals surface area contributed by atoms with Crippen molar-refractivity contribution < 1.29 is 14.3 Å². The molecule has 2 N–H and O–H groups in total. The number of nitrogens with one attached hydrogen (secondary N) is 1. The molecule has 0 aromatic heterocycles. The fraction of sp³-hybridized carbons (Fsp3) is 0.577. The molecule has 0 spiro atoms. The van der Waals surface area contributed by atoms with E-state index < -0.39 is 0 Å². The molecule has 3 rings (SSSR count). The summed E-state index contributed by atoms with van der Waals surface area (Å²) in [7, 11) is 0. The molecule has 0 heterocycles. The zero-order chi connectivity index (χ0) is 22.1. The number of amides is 1. The number of benzene rings is 1. The van der Waals surface area contributed by atoms with E-state index in [0.29, 0.717) is 29.4 Å². The topological polar surface area (TPSA) is 49.3 Å². The standard InChI is InChI=1S/C26H36FNO2/c1-16(14-24(30)28-20-10-8-19(27)9-11-20)6-12-21-17(2)7-13-22-25(21)18(3)15-23(29)26(22,4)5/h8-11,14,18,21-23,25,29H,2,6-7,12-13,15H2,1,3-5H3,(H,28,30)/b16-14+. The first kappa shape index (κ1) is 22.7. The summed E-state index contributed by atoms with van der Waals surface area (Å²) in [6.45, 7) is 13.1. The average molecular weight is 414 g/mol. The van der Waals surface area contributed by atoms with Crippen LogP contribution in [0.3, 0.4) is 0 Å². The molecule has 0 radical (unpaired) electrons. The fourth-order valence-electron chi connectivity index (χ4n) is 5.78. The Morgan fingerprint density at radius 2 is 2.00 bits per heavy atom. The van der Waals surface area contributed by atoms with Crippen LogP contribution in [-0.2, 0) is 4.79 Å². The predicted molar refractivity (Wildman–Crippen MR) is 120 cm³/mol. The summed E-state index contributed by atoms with van der Waals surface area (Å²) in [4.78, 5) is 12.3. The largest absolute Gasteiger partial charge is 0.393 e. The van der Waals surface area contributed by atoms with Crippen LogP contribution in [0.1, 0.15) is 59.8 Å². The summed E-state index contributed by atoms with van der Waals surface area (Å²) in [6, 6.07) is 5.79. The minimum Gasteiger partial charge on any atom is -0.393 e. The molecule has 2 aliphatic rings. The minimum atomic E-state index is -0.321. The van der Waals surface area contributed by atoms with Crippen LogP contribution in [-0.4, -0.2) is 17.1 Å². The first-order chi connectivity index (χ1) is 14.1. The number of anilines is 1. The number of hydrogen-bond acceptors (Lipinski definition) is 2. The highest BCUT2D eigenvalue weighted by molar-refractivity contribution is 5.99. The zero-order valence-corrected chi connectivity index (χ0v) is 18.7. The van der Waals surface area contributed by atoms with Gasteiger partial charge in [-0.3, -0.25) is 4.79 Å². The van der Waals surface area contributed by atoms with Crippen molar-refractivity contribution >= 4 is 11.6 Å². The maximum atomic E-state index is 13.0. The smallest absolute Gasteiger partial charge is 0.248 e. The van der Waals surface area contributed by atoms with Crippen molar-refractivity contribution in [3.63, 3.8) is 0 Å². The molecule has 0 bridgehead atoms. The minimum absolute atomic E-state index is 0.0595. The normalized spacial score (nSPS) is 31.2. The molecule has 164 valence electrons. The Bertz CT molecular complexity index is 811. The van der Waals surface area contributed by atoms with Crippen molar-refractivity contribution in [2.75, 3.05) is 5.32 Å². The van der Waals surface area contributed by atoms with Gasteiger partial charge in [-0.25, -0.2) is 4.39 Å². The molecule has 30 heavy (non-hydrogen) atoms. The van der Waals surface area contributed by atoms with Gasteiger partial charge < -0.3 is 10.4 Å². The number of hydrogen-bond donors (Lipinski definition) is 2. The second-order valence-electron chi connectivity index (χ2n) is 10.1. The molecule has 1 amide bonds. The monoisotopic (exact) mass is 413 g/mol. The van der Waals surface area contributed by atoms with Gasteiger partial charge in [0.1, 0.15) is 5.82 Å². The molecule has 5 unspecified atom stereocenters. The van der Waals surface area contributed by atoms with Crippen LogP contribution in [0.25, 0.3) is 0 Å². The number of carbonyl (C=O) groups is 1. The van der Waals surface area contributed by atoms with Crippen molar-refractivity contribution in [3.8, 4) is 0 Å². The summed E-state index contributed by atoms with van der Waals surface area (Å²) >= 11 is 0. The van der Waals surface area contributed by atoms with E-state index >= 15 is 0 Å². The third-order valence-electron chi connectivity index (χ3n) is 7.64. The lowest BCUT2D eigenvalue weighted by molar-refractivity contribution is -0.112. The van der Waals surface area contributed by atoms with Crippen LogP contribution in [0.4, 0.5) is 10.1 Å². The maximum absolute atomic E-state index is 13.0. The molecular formula is C26H36FNO2. The summed E-state index contributed by atoms with van der Waals surface area (Å²) in [5, 5.41) is 13.4. The van der Waals surface area contributed by atoms with E-state index in [4.69, 9.17) is 0 Å². The molecule has 4 heteroatoms. The predicted octanol–water partition coefficient (Wildman–Crippen LogP) is 6.12. The summed E-state index contributed by atoms with van der Waals surface area (Å²) in [5.74, 6) is 1.47. The molecule has 2 fully saturated rings. The van der Waals surface area contributed by atoms with E-state index in [1.807, 2.05) is 6.92 Å². The average Bonchev–Trinajstić information content (AvgIpc) is 2.67. The van der Waals surface area contributed by atoms with Gasteiger partial charge in [-0.2, -0.15) is 0 Å². The van der Waals surface area contributed by atoms with Crippen LogP contribution in [0.5, 0.6) is 0 Å². The van der Waals surface area contributed by atoms with E-state index in [-0.39, 0.29) is 23.2 Å². The second-order valence-corrected chi connectivity index (χ2v) is 10.1. The van der Waals surface area contributed by atoms with E-state index in [2.05, 4.69) is 32.7 Å². The molecular weight excluding hydrogens is 377 g/mol. The van der Waals surface area contributed by atoms with Gasteiger partial charge in [0.05, 0.1) is 6.10 Å². The first-order valence-corrected chi connectivity index (χ1v) is 11.2. The van der Waals surface area contributed by atoms with Gasteiger partial charge in [-0.05, 0) is 92.4 Å². The summed E-state index contributed by atoms with van der Waals surface area (Å²) < 4.78 is 13.0. The number of carbonyl (C=O) groups excluding carboxylic acids is 1. The van der Waals surface area contributed by atoms with Crippen LogP contribution < -0.4 is 5.32 Å². The Labute approximate surface area is 180 Å². The van der Waals surface area contributed by atoms with Crippen LogP contribution >= 0.6 is 0 Å². The molecule has 0 aliphatic heterocycles. The third-order valence-corrected chi connectivity index (χ3v) is 7.64. The van der Waals surface area contributed by atoms with Crippen molar-refractivity contribution in [1.82, 2.24) is 0 Å². The van der Waals surface area contributed by atoms with Gasteiger partial charge >= 0.3 is 0 Å². The second kappa shape index (κ2) is 9.05. The van der Waals surface area contributed by atoms with Gasteiger partial charge in [0, 0.05) is 11.8 Å². The summed E-state index contributed by atoms with van der Waals surface area (Å²) in [6.07, 6.45) is 6.24. The molecule has 0 saturated heterocycles. The molecule has 1 aromatic rings. The Hall–Kier alpha value is -1.94. The Kier molecular flexibility index (Phi) is 6.86. The molecule has 2 aliphatic carbocycles. The lowest BCUT2D eigenvalue weighted by Gasteiger charge is -2.55. The van der Waals surface area contributed by atoms with Crippen LogP contribution in [0.15, 0.2) is 48.1 Å². The van der Waals surface area contributed by atoms with Crippen LogP contribution in [0.2, 0.25) is 0 Å². The number of aliphatic hydroxyl groups excluding tert-OH is 1. The van der Waals surface area contributed by atoms with Crippen molar-refractivity contribution in [2.24, 2.45) is 29.1 Å². The number of fused-ring (bicyclic) bond motifs is 1. The van der Waals surface area contributed by atoms with Crippen molar-refractivity contribution in [3.05, 3.63) is 53.9 Å². The van der Waals surface area contributed by atoms with Gasteiger partial charge in [-0.1, -0.05) is 38.5 Å². The Morgan fingerprint density at radius 1 is 1.33 bits per heavy atom. The Balaban J connectivity index is 1.64. The van der Waals surface area contributed by atoms with E-state index in [9.17, 15) is 14.3 Å². The number of allylic oxidation sites excluding steroid dienone is 2. The zero-order valence-electron chi connectivity index (χ0n) is 18.7. The lowest BCUT2D eigenvalue weighted by atomic mass is 9.50. The highest BCUT2D eigenvalue weighted by Gasteiger charge is 2.51. The third kappa shape index (κ3) is 4.85. The number of rotatable bonds is 5. The molecule has 1 aromatic carbocycles. The van der Waals surface area contributed by atoms with Gasteiger partial charge in [-0.15, -0.1) is 0 Å².